The first-order valence-electron chi connectivity index (χ1n) is 6.04. The molecule has 0 aromatic carbocycles. The van der Waals surface area contributed by atoms with E-state index in [-0.39, 0.29) is 5.78 Å². The van der Waals surface area contributed by atoms with Crippen molar-refractivity contribution in [1.29, 1.82) is 0 Å². The number of hydrogen-bond acceptors (Lipinski definition) is 3. The van der Waals surface area contributed by atoms with Gasteiger partial charge in [-0.3, -0.25) is 4.79 Å². The minimum atomic E-state index is -0.571. The number of nitrogens with two attached hydrogens (primary N) is 1. The van der Waals surface area contributed by atoms with Gasteiger partial charge in [-0.1, -0.05) is 0 Å². The Morgan fingerprint density at radius 3 is 2.73 bits per heavy atom. The standard InChI is InChI=1S/C12H21NO2/c1-12(13,9-4-5-9)11(14)7-6-10-3-2-8-15-10/h9-10H,2-8,13H2,1H3. The Labute approximate surface area is 91.4 Å². The van der Waals surface area contributed by atoms with Crippen LogP contribution in [0.25, 0.3) is 0 Å². The van der Waals surface area contributed by atoms with Crippen LogP contribution in [0.2, 0.25) is 0 Å². The van der Waals surface area contributed by atoms with Crippen LogP contribution in [0.3, 0.4) is 0 Å². The predicted molar refractivity (Wildman–Crippen MR) is 58.5 cm³/mol. The van der Waals surface area contributed by atoms with E-state index in [9.17, 15) is 4.79 Å². The van der Waals surface area contributed by atoms with Crippen LogP contribution in [-0.4, -0.2) is 24.0 Å². The van der Waals surface area contributed by atoms with Crippen LogP contribution < -0.4 is 5.73 Å². The number of rotatable bonds is 5. The second-order valence-corrected chi connectivity index (χ2v) is 5.15. The molecule has 15 heavy (non-hydrogen) atoms. The van der Waals surface area contributed by atoms with Crippen LogP contribution in [0, 0.1) is 5.92 Å². The monoisotopic (exact) mass is 211 g/mol. The van der Waals surface area contributed by atoms with E-state index in [0.717, 1.165) is 38.7 Å². The van der Waals surface area contributed by atoms with Crippen molar-refractivity contribution in [3.05, 3.63) is 0 Å². The lowest BCUT2D eigenvalue weighted by atomic mass is 9.88. The number of ether oxygens (including phenoxy) is 1. The number of ketones is 1. The largest absolute Gasteiger partial charge is 0.378 e. The van der Waals surface area contributed by atoms with E-state index >= 15 is 0 Å². The van der Waals surface area contributed by atoms with Crippen LogP contribution in [0.15, 0.2) is 0 Å². The average Bonchev–Trinajstić information content (AvgIpc) is 2.94. The van der Waals surface area contributed by atoms with Crippen molar-refractivity contribution < 1.29 is 9.53 Å². The zero-order valence-electron chi connectivity index (χ0n) is 9.50. The normalized spacial score (nSPS) is 30.1. The maximum absolute atomic E-state index is 11.9. The summed E-state index contributed by atoms with van der Waals surface area (Å²) in [5, 5.41) is 0. The molecule has 0 spiro atoms. The number of carbonyl (C=O) groups is 1. The van der Waals surface area contributed by atoms with Crippen LogP contribution in [0.1, 0.15) is 45.4 Å². The van der Waals surface area contributed by atoms with Gasteiger partial charge in [0.05, 0.1) is 11.6 Å². The van der Waals surface area contributed by atoms with E-state index in [0.29, 0.717) is 18.4 Å². The molecule has 3 heteroatoms. The summed E-state index contributed by atoms with van der Waals surface area (Å²) in [6.45, 7) is 2.75. The Bertz CT molecular complexity index is 240. The number of carbonyl (C=O) groups excluding carboxylic acids is 1. The fourth-order valence-corrected chi connectivity index (χ4v) is 2.34. The maximum atomic E-state index is 11.9. The van der Waals surface area contributed by atoms with Gasteiger partial charge < -0.3 is 10.5 Å². The third-order valence-corrected chi connectivity index (χ3v) is 3.74. The Morgan fingerprint density at radius 1 is 1.47 bits per heavy atom. The van der Waals surface area contributed by atoms with Crippen molar-refractivity contribution in [3.63, 3.8) is 0 Å². The minimum absolute atomic E-state index is 0.223. The van der Waals surface area contributed by atoms with E-state index in [4.69, 9.17) is 10.5 Å². The van der Waals surface area contributed by atoms with E-state index in [1.165, 1.54) is 0 Å². The minimum Gasteiger partial charge on any atom is -0.378 e. The van der Waals surface area contributed by atoms with Crippen molar-refractivity contribution in [3.8, 4) is 0 Å². The second kappa shape index (κ2) is 4.22. The van der Waals surface area contributed by atoms with Crippen molar-refractivity contribution in [2.45, 2.75) is 57.1 Å². The molecule has 1 heterocycles. The lowest BCUT2D eigenvalue weighted by Gasteiger charge is -2.23. The van der Waals surface area contributed by atoms with E-state index in [1.807, 2.05) is 6.92 Å². The van der Waals surface area contributed by atoms with Gasteiger partial charge in [0, 0.05) is 13.0 Å². The smallest absolute Gasteiger partial charge is 0.152 e. The highest BCUT2D eigenvalue weighted by Gasteiger charge is 2.43. The van der Waals surface area contributed by atoms with E-state index in [1.54, 1.807) is 0 Å². The molecule has 2 aliphatic rings. The van der Waals surface area contributed by atoms with E-state index in [2.05, 4.69) is 0 Å². The predicted octanol–water partition coefficient (Wildman–Crippen LogP) is 1.64. The van der Waals surface area contributed by atoms with Gasteiger partial charge in [0.25, 0.3) is 0 Å². The van der Waals surface area contributed by atoms with Crippen LogP contribution in [0.5, 0.6) is 0 Å². The molecule has 0 amide bonds. The molecule has 0 radical (unpaired) electrons. The highest BCUT2D eigenvalue weighted by atomic mass is 16.5. The molecule has 2 fully saturated rings. The zero-order valence-corrected chi connectivity index (χ0v) is 9.50. The van der Waals surface area contributed by atoms with Gasteiger partial charge in [0.2, 0.25) is 0 Å². The van der Waals surface area contributed by atoms with Gasteiger partial charge in [-0.05, 0) is 44.9 Å². The highest BCUT2D eigenvalue weighted by Crippen LogP contribution is 2.39. The molecule has 3 nitrogen and oxygen atoms in total. The van der Waals surface area contributed by atoms with Crippen molar-refractivity contribution in [2.75, 3.05) is 6.61 Å². The molecule has 0 aromatic heterocycles. The Hall–Kier alpha value is -0.410. The third-order valence-electron chi connectivity index (χ3n) is 3.74. The fraction of sp³-hybridized carbons (Fsp3) is 0.917. The van der Waals surface area contributed by atoms with Gasteiger partial charge in [0.15, 0.2) is 5.78 Å². The summed E-state index contributed by atoms with van der Waals surface area (Å²) in [7, 11) is 0. The molecule has 2 unspecified atom stereocenters. The first-order chi connectivity index (χ1) is 7.10. The maximum Gasteiger partial charge on any atom is 0.152 e. The highest BCUT2D eigenvalue weighted by molar-refractivity contribution is 5.88. The summed E-state index contributed by atoms with van der Waals surface area (Å²) in [5.74, 6) is 0.662. The molecule has 1 aliphatic carbocycles. The lowest BCUT2D eigenvalue weighted by molar-refractivity contribution is -0.125. The van der Waals surface area contributed by atoms with Gasteiger partial charge >= 0.3 is 0 Å². The molecule has 2 N–H and O–H groups in total. The Balaban J connectivity index is 1.75. The summed E-state index contributed by atoms with van der Waals surface area (Å²) in [6.07, 6.45) is 6.26. The molecule has 1 saturated carbocycles. The van der Waals surface area contributed by atoms with Crippen LogP contribution in [-0.2, 0) is 9.53 Å². The van der Waals surface area contributed by atoms with Crippen molar-refractivity contribution >= 4 is 5.78 Å². The molecule has 86 valence electrons. The molecular weight excluding hydrogens is 190 g/mol. The summed E-state index contributed by atoms with van der Waals surface area (Å²) in [4.78, 5) is 11.9. The average molecular weight is 211 g/mol. The summed E-state index contributed by atoms with van der Waals surface area (Å²) < 4.78 is 5.50. The molecule has 2 rings (SSSR count). The summed E-state index contributed by atoms with van der Waals surface area (Å²) in [6, 6.07) is 0. The Kier molecular flexibility index (Phi) is 3.12. The SMILES string of the molecule is CC(N)(C(=O)CCC1CCCO1)C1CC1. The second-order valence-electron chi connectivity index (χ2n) is 5.15. The van der Waals surface area contributed by atoms with Crippen molar-refractivity contribution in [1.82, 2.24) is 0 Å². The summed E-state index contributed by atoms with van der Waals surface area (Å²) in [5.41, 5.74) is 5.49. The molecule has 0 aromatic rings. The fourth-order valence-electron chi connectivity index (χ4n) is 2.34. The molecule has 1 saturated heterocycles. The van der Waals surface area contributed by atoms with Crippen molar-refractivity contribution in [2.24, 2.45) is 11.7 Å². The van der Waals surface area contributed by atoms with Gasteiger partial charge in [-0.15, -0.1) is 0 Å². The zero-order chi connectivity index (χ0) is 10.9. The first kappa shape index (κ1) is 11.1. The van der Waals surface area contributed by atoms with Gasteiger partial charge in [0.1, 0.15) is 0 Å². The lowest BCUT2D eigenvalue weighted by Crippen LogP contribution is -2.47. The number of hydrogen-bond donors (Lipinski definition) is 1. The topological polar surface area (TPSA) is 52.3 Å². The first-order valence-corrected chi connectivity index (χ1v) is 6.04. The molecule has 0 bridgehead atoms. The van der Waals surface area contributed by atoms with Crippen LogP contribution in [0.4, 0.5) is 0 Å². The molecule has 2 atom stereocenters. The molecular formula is C12H21NO2. The van der Waals surface area contributed by atoms with Crippen LogP contribution >= 0.6 is 0 Å². The third kappa shape index (κ3) is 2.58. The van der Waals surface area contributed by atoms with E-state index < -0.39 is 5.54 Å². The number of Topliss-reactive ketones (excluding diaryl/α,β-unsaturated/α-hetero) is 1. The van der Waals surface area contributed by atoms with Gasteiger partial charge in [-0.2, -0.15) is 0 Å². The molecule has 1 aliphatic heterocycles. The van der Waals surface area contributed by atoms with Gasteiger partial charge in [-0.25, -0.2) is 0 Å². The quantitative estimate of drug-likeness (QED) is 0.752. The Morgan fingerprint density at radius 2 is 2.20 bits per heavy atom. The summed E-state index contributed by atoms with van der Waals surface area (Å²) >= 11 is 0.